The van der Waals surface area contributed by atoms with Crippen LogP contribution in [0.3, 0.4) is 0 Å². The van der Waals surface area contributed by atoms with Crippen molar-refractivity contribution >= 4 is 17.5 Å². The van der Waals surface area contributed by atoms with Crippen LogP contribution < -0.4 is 10.6 Å². The summed E-state index contributed by atoms with van der Waals surface area (Å²) < 4.78 is 41.9. The van der Waals surface area contributed by atoms with E-state index in [1.165, 1.54) is 12.1 Å². The Bertz CT molecular complexity index is 1100. The minimum absolute atomic E-state index is 0.0684. The van der Waals surface area contributed by atoms with Crippen molar-refractivity contribution in [3.63, 3.8) is 0 Å². The van der Waals surface area contributed by atoms with Crippen molar-refractivity contribution in [2.45, 2.75) is 32.0 Å². The largest absolute Gasteiger partial charge is 0.417 e. The Morgan fingerprint density at radius 3 is 2.59 bits per heavy atom. The van der Waals surface area contributed by atoms with E-state index in [4.69, 9.17) is 11.0 Å². The molecule has 1 aromatic heterocycles. The van der Waals surface area contributed by atoms with Crippen LogP contribution in [-0.4, -0.2) is 52.4 Å². The van der Waals surface area contributed by atoms with Crippen LogP contribution in [0.15, 0.2) is 36.9 Å². The lowest BCUT2D eigenvalue weighted by molar-refractivity contribution is -0.137. The molecule has 2 saturated heterocycles. The van der Waals surface area contributed by atoms with Gasteiger partial charge in [-0.25, -0.2) is 4.98 Å². The number of halogens is 3. The molecule has 2 N–H and O–H groups in total. The molecule has 2 aliphatic heterocycles. The molecule has 0 radical (unpaired) electrons. The maximum atomic E-state index is 13.4. The van der Waals surface area contributed by atoms with Crippen molar-refractivity contribution in [2.75, 3.05) is 31.1 Å². The Kier molecular flexibility index (Phi) is 6.25. The molecule has 0 bridgehead atoms. The van der Waals surface area contributed by atoms with Gasteiger partial charge in [-0.15, -0.1) is 0 Å². The zero-order valence-electron chi connectivity index (χ0n) is 18.5. The average Bonchev–Trinajstić information content (AvgIpc) is 3.45. The van der Waals surface area contributed by atoms with Gasteiger partial charge in [0.05, 0.1) is 29.4 Å². The van der Waals surface area contributed by atoms with Crippen LogP contribution >= 0.6 is 0 Å². The van der Waals surface area contributed by atoms with Gasteiger partial charge >= 0.3 is 6.18 Å². The minimum Gasteiger partial charge on any atom is -0.371 e. The number of imidazole rings is 1. The number of benzene rings is 1. The molecule has 4 rings (SSSR count). The van der Waals surface area contributed by atoms with E-state index in [9.17, 15) is 22.8 Å². The maximum absolute atomic E-state index is 13.4. The Morgan fingerprint density at radius 1 is 1.26 bits per heavy atom. The average molecular weight is 474 g/mol. The van der Waals surface area contributed by atoms with Crippen molar-refractivity contribution < 1.29 is 22.8 Å². The molecule has 0 aliphatic carbocycles. The van der Waals surface area contributed by atoms with Gasteiger partial charge in [0.1, 0.15) is 0 Å². The SMILES string of the molecule is N#Cc1ccc(N2CCC3(CC2)CN(C(=O)CCn2ccnc2)CC3C(N)=O)cc1C(F)(F)F. The van der Waals surface area contributed by atoms with Crippen molar-refractivity contribution in [1.82, 2.24) is 14.5 Å². The highest BCUT2D eigenvalue weighted by atomic mass is 19.4. The molecule has 2 amide bonds. The number of carbonyl (C=O) groups is 2. The number of hydrogen-bond acceptors (Lipinski definition) is 5. The third-order valence-corrected chi connectivity index (χ3v) is 7.04. The van der Waals surface area contributed by atoms with Crippen LogP contribution in [0.4, 0.5) is 18.9 Å². The lowest BCUT2D eigenvalue weighted by Crippen LogP contribution is -2.47. The van der Waals surface area contributed by atoms with Crippen molar-refractivity contribution in [3.05, 3.63) is 48.0 Å². The number of carbonyl (C=O) groups excluding carboxylic acids is 2. The Labute approximate surface area is 194 Å². The van der Waals surface area contributed by atoms with Crippen LogP contribution in [0.1, 0.15) is 30.4 Å². The van der Waals surface area contributed by atoms with E-state index in [2.05, 4.69) is 4.98 Å². The predicted octanol–water partition coefficient (Wildman–Crippen LogP) is 2.39. The monoisotopic (exact) mass is 474 g/mol. The second-order valence-electron chi connectivity index (χ2n) is 8.97. The normalized spacial score (nSPS) is 19.9. The number of amides is 2. The zero-order valence-corrected chi connectivity index (χ0v) is 18.5. The number of primary amides is 1. The number of piperidine rings is 1. The van der Waals surface area contributed by atoms with E-state index in [0.717, 1.165) is 6.07 Å². The number of nitrogens with zero attached hydrogens (tertiary/aromatic N) is 5. The Morgan fingerprint density at radius 2 is 2.00 bits per heavy atom. The predicted molar refractivity (Wildman–Crippen MR) is 116 cm³/mol. The molecule has 11 heteroatoms. The highest BCUT2D eigenvalue weighted by Gasteiger charge is 2.51. The number of aryl methyl sites for hydroxylation is 1. The molecule has 180 valence electrons. The first-order chi connectivity index (χ1) is 16.1. The molecular weight excluding hydrogens is 449 g/mol. The quantitative estimate of drug-likeness (QED) is 0.716. The van der Waals surface area contributed by atoms with Gasteiger partial charge in [-0.05, 0) is 31.0 Å². The van der Waals surface area contributed by atoms with Crippen LogP contribution in [0.2, 0.25) is 0 Å². The van der Waals surface area contributed by atoms with Gasteiger partial charge in [-0.2, -0.15) is 18.4 Å². The Hall–Kier alpha value is -3.55. The van der Waals surface area contributed by atoms with E-state index in [-0.39, 0.29) is 18.9 Å². The van der Waals surface area contributed by atoms with Gasteiger partial charge in [0.15, 0.2) is 0 Å². The molecule has 1 spiro atoms. The molecule has 0 saturated carbocycles. The number of aromatic nitrogens is 2. The summed E-state index contributed by atoms with van der Waals surface area (Å²) in [5, 5.41) is 9.02. The summed E-state index contributed by atoms with van der Waals surface area (Å²) in [5.41, 5.74) is 4.21. The molecule has 1 atom stereocenters. The fourth-order valence-electron chi connectivity index (χ4n) is 5.13. The number of likely N-dealkylation sites (tertiary alicyclic amines) is 1. The molecule has 8 nitrogen and oxygen atoms in total. The molecule has 2 fully saturated rings. The summed E-state index contributed by atoms with van der Waals surface area (Å²) in [7, 11) is 0. The lowest BCUT2D eigenvalue weighted by Gasteiger charge is -2.42. The van der Waals surface area contributed by atoms with Gasteiger partial charge in [0.25, 0.3) is 0 Å². The van der Waals surface area contributed by atoms with E-state index in [1.54, 1.807) is 34.3 Å². The number of rotatable bonds is 5. The Balaban J connectivity index is 1.46. The summed E-state index contributed by atoms with van der Waals surface area (Å²) in [6.07, 6.45) is 1.73. The molecule has 2 aliphatic rings. The summed E-state index contributed by atoms with van der Waals surface area (Å²) in [5.74, 6) is -1.03. The summed E-state index contributed by atoms with van der Waals surface area (Å²) in [6.45, 7) is 1.98. The summed E-state index contributed by atoms with van der Waals surface area (Å²) in [6, 6.07) is 5.29. The first-order valence-electron chi connectivity index (χ1n) is 11.0. The number of anilines is 1. The van der Waals surface area contributed by atoms with E-state index >= 15 is 0 Å². The molecule has 1 unspecified atom stereocenters. The van der Waals surface area contributed by atoms with Crippen LogP contribution in [0, 0.1) is 22.7 Å². The van der Waals surface area contributed by atoms with E-state index < -0.39 is 34.5 Å². The number of nitrogens with two attached hydrogens (primary N) is 1. The summed E-state index contributed by atoms with van der Waals surface area (Å²) >= 11 is 0. The highest BCUT2D eigenvalue weighted by Crippen LogP contribution is 2.46. The van der Waals surface area contributed by atoms with Gasteiger partial charge < -0.3 is 20.1 Å². The summed E-state index contributed by atoms with van der Waals surface area (Å²) in [4.78, 5) is 32.5. The van der Waals surface area contributed by atoms with E-state index in [0.29, 0.717) is 44.7 Å². The smallest absolute Gasteiger partial charge is 0.371 e. The number of alkyl halides is 3. The van der Waals surface area contributed by atoms with Crippen LogP contribution in [-0.2, 0) is 22.3 Å². The molecule has 2 aromatic rings. The van der Waals surface area contributed by atoms with Gasteiger partial charge in [0.2, 0.25) is 11.8 Å². The first kappa shape index (κ1) is 23.6. The second kappa shape index (κ2) is 9.00. The molecule has 3 heterocycles. The van der Waals surface area contributed by atoms with Crippen molar-refractivity contribution in [1.29, 1.82) is 5.26 Å². The van der Waals surface area contributed by atoms with Gasteiger partial charge in [-0.1, -0.05) is 0 Å². The molecule has 1 aromatic carbocycles. The third kappa shape index (κ3) is 4.58. The topological polar surface area (TPSA) is 108 Å². The molecular formula is C23H25F3N6O2. The van der Waals surface area contributed by atoms with E-state index in [1.807, 2.05) is 4.90 Å². The lowest BCUT2D eigenvalue weighted by atomic mass is 9.70. The highest BCUT2D eigenvalue weighted by molar-refractivity contribution is 5.82. The number of hydrogen-bond donors (Lipinski definition) is 1. The van der Waals surface area contributed by atoms with Crippen molar-refractivity contribution in [3.8, 4) is 6.07 Å². The number of nitriles is 1. The second-order valence-corrected chi connectivity index (χ2v) is 8.97. The fraction of sp³-hybridized carbons (Fsp3) is 0.478. The van der Waals surface area contributed by atoms with Crippen LogP contribution in [0.25, 0.3) is 0 Å². The molecule has 34 heavy (non-hydrogen) atoms. The fourth-order valence-corrected chi connectivity index (χ4v) is 5.13. The third-order valence-electron chi connectivity index (χ3n) is 7.04. The zero-order chi connectivity index (χ0) is 24.5. The first-order valence-corrected chi connectivity index (χ1v) is 11.0. The van der Waals surface area contributed by atoms with Gasteiger partial charge in [0, 0.05) is 62.6 Å². The van der Waals surface area contributed by atoms with Crippen molar-refractivity contribution in [2.24, 2.45) is 17.1 Å². The van der Waals surface area contributed by atoms with Gasteiger partial charge in [-0.3, -0.25) is 9.59 Å². The maximum Gasteiger partial charge on any atom is 0.417 e. The standard InChI is InChI=1S/C23H25F3N6O2/c24-23(25,26)18-11-17(2-1-16(18)12-27)31-8-4-22(5-9-31)14-32(13-19(22)21(28)34)20(33)3-7-30-10-6-29-15-30/h1-2,6,10-11,15,19H,3-5,7-9,13-14H2,(H2,28,34). The van der Waals surface area contributed by atoms with Crippen LogP contribution in [0.5, 0.6) is 0 Å². The minimum atomic E-state index is -4.63.